The summed E-state index contributed by atoms with van der Waals surface area (Å²) >= 11 is 0. The maximum absolute atomic E-state index is 13.8. The largest absolute Gasteiger partial charge is 0.370 e. The molecule has 16 heavy (non-hydrogen) atoms. The van der Waals surface area contributed by atoms with Crippen LogP contribution in [-0.4, -0.2) is 19.1 Å². The SMILES string of the molecule is CCN(CC)c1ccc(CC(C)N)cc1F. The zero-order chi connectivity index (χ0) is 12.1. The molecule has 0 heterocycles. The third-order valence-corrected chi connectivity index (χ3v) is 2.67. The fourth-order valence-corrected chi connectivity index (χ4v) is 1.87. The van der Waals surface area contributed by atoms with E-state index < -0.39 is 0 Å². The highest BCUT2D eigenvalue weighted by Crippen LogP contribution is 2.20. The first-order valence-corrected chi connectivity index (χ1v) is 5.87. The summed E-state index contributed by atoms with van der Waals surface area (Å²) in [5.74, 6) is -0.151. The molecule has 0 aromatic heterocycles. The van der Waals surface area contributed by atoms with Crippen LogP contribution in [0.1, 0.15) is 26.3 Å². The molecule has 0 saturated heterocycles. The number of nitrogens with zero attached hydrogens (tertiary/aromatic N) is 1. The Balaban J connectivity index is 2.90. The maximum atomic E-state index is 13.8. The van der Waals surface area contributed by atoms with Crippen molar-refractivity contribution >= 4 is 5.69 Å². The topological polar surface area (TPSA) is 29.3 Å². The van der Waals surface area contributed by atoms with Crippen molar-refractivity contribution in [3.05, 3.63) is 29.6 Å². The van der Waals surface area contributed by atoms with Crippen LogP contribution in [0.3, 0.4) is 0 Å². The van der Waals surface area contributed by atoms with Gasteiger partial charge in [-0.1, -0.05) is 6.07 Å². The van der Waals surface area contributed by atoms with Gasteiger partial charge in [-0.3, -0.25) is 0 Å². The summed E-state index contributed by atoms with van der Waals surface area (Å²) in [6.45, 7) is 7.62. The molecule has 0 aliphatic carbocycles. The van der Waals surface area contributed by atoms with Gasteiger partial charge in [0.2, 0.25) is 0 Å². The Kier molecular flexibility index (Phi) is 4.74. The average Bonchev–Trinajstić information content (AvgIpc) is 2.21. The standard InChI is InChI=1S/C13H21FN2/c1-4-16(5-2)13-7-6-11(8-10(3)15)9-12(13)14/h6-7,9-10H,4-5,8,15H2,1-3H3. The van der Waals surface area contributed by atoms with Crippen LogP contribution in [0.25, 0.3) is 0 Å². The van der Waals surface area contributed by atoms with E-state index in [1.54, 1.807) is 6.07 Å². The molecule has 1 atom stereocenters. The van der Waals surface area contributed by atoms with E-state index in [0.717, 1.165) is 25.1 Å². The van der Waals surface area contributed by atoms with Gasteiger partial charge in [0, 0.05) is 19.1 Å². The van der Waals surface area contributed by atoms with Crippen molar-refractivity contribution in [1.29, 1.82) is 0 Å². The number of hydrogen-bond acceptors (Lipinski definition) is 2. The van der Waals surface area contributed by atoms with Gasteiger partial charge >= 0.3 is 0 Å². The van der Waals surface area contributed by atoms with Crippen LogP contribution >= 0.6 is 0 Å². The van der Waals surface area contributed by atoms with E-state index in [0.29, 0.717) is 5.69 Å². The number of hydrogen-bond donors (Lipinski definition) is 1. The summed E-state index contributed by atoms with van der Waals surface area (Å²) in [6.07, 6.45) is 0.718. The predicted molar refractivity (Wildman–Crippen MR) is 67.3 cm³/mol. The van der Waals surface area contributed by atoms with Crippen LogP contribution in [-0.2, 0) is 6.42 Å². The Morgan fingerprint density at radius 3 is 2.38 bits per heavy atom. The predicted octanol–water partition coefficient (Wildman–Crippen LogP) is 2.56. The van der Waals surface area contributed by atoms with Crippen LogP contribution in [0, 0.1) is 5.82 Å². The molecular weight excluding hydrogens is 203 g/mol. The van der Waals surface area contributed by atoms with Gasteiger partial charge in [-0.2, -0.15) is 0 Å². The number of halogens is 1. The maximum Gasteiger partial charge on any atom is 0.146 e. The van der Waals surface area contributed by atoms with Gasteiger partial charge in [0.1, 0.15) is 5.82 Å². The van der Waals surface area contributed by atoms with Gasteiger partial charge in [-0.05, 0) is 44.9 Å². The lowest BCUT2D eigenvalue weighted by molar-refractivity contribution is 0.615. The average molecular weight is 224 g/mol. The lowest BCUT2D eigenvalue weighted by Gasteiger charge is -2.22. The van der Waals surface area contributed by atoms with Crippen LogP contribution in [0.2, 0.25) is 0 Å². The second kappa shape index (κ2) is 5.85. The van der Waals surface area contributed by atoms with E-state index in [1.165, 1.54) is 0 Å². The highest BCUT2D eigenvalue weighted by atomic mass is 19.1. The smallest absolute Gasteiger partial charge is 0.146 e. The third-order valence-electron chi connectivity index (χ3n) is 2.67. The molecule has 0 saturated carbocycles. The van der Waals surface area contributed by atoms with Crippen LogP contribution in [0.15, 0.2) is 18.2 Å². The zero-order valence-corrected chi connectivity index (χ0v) is 10.3. The Labute approximate surface area is 97.3 Å². The van der Waals surface area contributed by atoms with Crippen LogP contribution < -0.4 is 10.6 Å². The van der Waals surface area contributed by atoms with Gasteiger partial charge in [-0.25, -0.2) is 4.39 Å². The molecule has 0 radical (unpaired) electrons. The Bertz CT molecular complexity index is 333. The quantitative estimate of drug-likeness (QED) is 0.833. The Hall–Kier alpha value is -1.09. The summed E-state index contributed by atoms with van der Waals surface area (Å²) in [5, 5.41) is 0. The van der Waals surface area contributed by atoms with Crippen molar-refractivity contribution < 1.29 is 4.39 Å². The molecule has 0 fully saturated rings. The molecule has 1 aromatic rings. The first-order chi connectivity index (χ1) is 7.58. The van der Waals surface area contributed by atoms with Gasteiger partial charge < -0.3 is 10.6 Å². The molecule has 0 aliphatic heterocycles. The van der Waals surface area contributed by atoms with E-state index in [2.05, 4.69) is 0 Å². The summed E-state index contributed by atoms with van der Waals surface area (Å²) < 4.78 is 13.8. The molecule has 0 spiro atoms. The van der Waals surface area contributed by atoms with E-state index in [1.807, 2.05) is 37.8 Å². The monoisotopic (exact) mass is 224 g/mol. The molecule has 2 nitrogen and oxygen atoms in total. The minimum atomic E-state index is -0.151. The van der Waals surface area contributed by atoms with E-state index >= 15 is 0 Å². The lowest BCUT2D eigenvalue weighted by atomic mass is 10.1. The molecule has 0 aliphatic rings. The third kappa shape index (κ3) is 3.20. The summed E-state index contributed by atoms with van der Waals surface area (Å²) in [5.41, 5.74) is 7.33. The number of nitrogens with two attached hydrogens (primary N) is 1. The summed E-state index contributed by atoms with van der Waals surface area (Å²) in [6, 6.07) is 5.47. The molecule has 90 valence electrons. The van der Waals surface area contributed by atoms with Crippen molar-refractivity contribution in [3.8, 4) is 0 Å². The molecule has 0 bridgehead atoms. The van der Waals surface area contributed by atoms with Crippen LogP contribution in [0.5, 0.6) is 0 Å². The molecular formula is C13H21FN2. The molecule has 1 unspecified atom stereocenters. The number of anilines is 1. The second-order valence-electron chi connectivity index (χ2n) is 4.14. The number of benzene rings is 1. The van der Waals surface area contributed by atoms with E-state index in [4.69, 9.17) is 5.73 Å². The minimum absolute atomic E-state index is 0.0682. The lowest BCUT2D eigenvalue weighted by Crippen LogP contribution is -2.23. The molecule has 2 N–H and O–H groups in total. The Morgan fingerprint density at radius 1 is 1.31 bits per heavy atom. The van der Waals surface area contributed by atoms with E-state index in [9.17, 15) is 4.39 Å². The zero-order valence-electron chi connectivity index (χ0n) is 10.3. The summed E-state index contributed by atoms with van der Waals surface area (Å²) in [7, 11) is 0. The minimum Gasteiger partial charge on any atom is -0.370 e. The van der Waals surface area contributed by atoms with Crippen molar-refractivity contribution in [2.24, 2.45) is 5.73 Å². The van der Waals surface area contributed by atoms with Gasteiger partial charge in [0.05, 0.1) is 5.69 Å². The highest BCUT2D eigenvalue weighted by Gasteiger charge is 2.09. The molecule has 1 aromatic carbocycles. The Morgan fingerprint density at radius 2 is 1.94 bits per heavy atom. The van der Waals surface area contributed by atoms with Gasteiger partial charge in [-0.15, -0.1) is 0 Å². The first kappa shape index (κ1) is 13.0. The van der Waals surface area contributed by atoms with E-state index in [-0.39, 0.29) is 11.9 Å². The van der Waals surface area contributed by atoms with Crippen molar-refractivity contribution in [2.75, 3.05) is 18.0 Å². The summed E-state index contributed by atoms with van der Waals surface area (Å²) in [4.78, 5) is 2.00. The van der Waals surface area contributed by atoms with Crippen LogP contribution in [0.4, 0.5) is 10.1 Å². The van der Waals surface area contributed by atoms with Gasteiger partial charge in [0.15, 0.2) is 0 Å². The first-order valence-electron chi connectivity index (χ1n) is 5.87. The molecule has 1 rings (SSSR count). The number of rotatable bonds is 5. The van der Waals surface area contributed by atoms with Crippen molar-refractivity contribution in [1.82, 2.24) is 0 Å². The highest BCUT2D eigenvalue weighted by molar-refractivity contribution is 5.49. The fraction of sp³-hybridized carbons (Fsp3) is 0.538. The van der Waals surface area contributed by atoms with Gasteiger partial charge in [0.25, 0.3) is 0 Å². The normalized spacial score (nSPS) is 12.6. The molecule has 0 amide bonds. The fourth-order valence-electron chi connectivity index (χ4n) is 1.87. The second-order valence-corrected chi connectivity index (χ2v) is 4.14. The van der Waals surface area contributed by atoms with Crippen molar-refractivity contribution in [2.45, 2.75) is 33.2 Å². The van der Waals surface area contributed by atoms with Crippen molar-refractivity contribution in [3.63, 3.8) is 0 Å². The molecule has 3 heteroatoms.